The highest BCUT2D eigenvalue weighted by molar-refractivity contribution is 9.10. The maximum atomic E-state index is 10.5. The smallest absolute Gasteiger partial charge is 0.231 e. The molecule has 6 heteroatoms. The normalized spacial score (nSPS) is 14.4. The number of rotatable bonds is 2. The molecule has 0 bridgehead atoms. The van der Waals surface area contributed by atoms with Crippen molar-refractivity contribution in [2.24, 2.45) is 0 Å². The highest BCUT2D eigenvalue weighted by Gasteiger charge is 2.22. The minimum atomic E-state index is -0.896. The maximum absolute atomic E-state index is 10.5. The molecule has 0 amide bonds. The van der Waals surface area contributed by atoms with Gasteiger partial charge in [0.15, 0.2) is 11.5 Å². The van der Waals surface area contributed by atoms with E-state index in [9.17, 15) is 5.11 Å². The summed E-state index contributed by atoms with van der Waals surface area (Å²) in [5.41, 5.74) is 1.19. The minimum absolute atomic E-state index is 0.172. The van der Waals surface area contributed by atoms with Crippen LogP contribution in [0.2, 0.25) is 10.0 Å². The molecule has 1 heterocycles. The predicted molar refractivity (Wildman–Crippen MR) is 80.8 cm³/mol. The van der Waals surface area contributed by atoms with Gasteiger partial charge < -0.3 is 14.6 Å². The van der Waals surface area contributed by atoms with Gasteiger partial charge in [-0.25, -0.2) is 0 Å². The van der Waals surface area contributed by atoms with E-state index in [1.54, 1.807) is 30.3 Å². The molecule has 1 unspecified atom stereocenters. The number of hydrogen-bond acceptors (Lipinski definition) is 3. The number of benzene rings is 2. The topological polar surface area (TPSA) is 38.7 Å². The number of aliphatic hydroxyl groups is 1. The van der Waals surface area contributed by atoms with Crippen molar-refractivity contribution in [3.8, 4) is 11.5 Å². The van der Waals surface area contributed by atoms with Gasteiger partial charge in [-0.1, -0.05) is 35.3 Å². The predicted octanol–water partition coefficient (Wildman–Crippen LogP) is 4.57. The Balaban J connectivity index is 2.05. The highest BCUT2D eigenvalue weighted by Crippen LogP contribution is 2.43. The molecule has 104 valence electrons. The number of hydrogen-bond donors (Lipinski definition) is 1. The first kappa shape index (κ1) is 14.0. The van der Waals surface area contributed by atoms with Crippen molar-refractivity contribution in [2.75, 3.05) is 6.79 Å². The molecule has 2 aromatic rings. The lowest BCUT2D eigenvalue weighted by atomic mass is 10.0. The molecular weight excluding hydrogens is 367 g/mol. The number of aliphatic hydroxyl groups excluding tert-OH is 1. The molecular formula is C14H9BrCl2O3. The van der Waals surface area contributed by atoms with Crippen LogP contribution >= 0.6 is 39.1 Å². The summed E-state index contributed by atoms with van der Waals surface area (Å²) in [6, 6.07) is 8.66. The molecule has 20 heavy (non-hydrogen) atoms. The summed E-state index contributed by atoms with van der Waals surface area (Å²) in [6.45, 7) is 0.172. The number of ether oxygens (including phenoxy) is 2. The lowest BCUT2D eigenvalue weighted by Gasteiger charge is -2.15. The van der Waals surface area contributed by atoms with E-state index >= 15 is 0 Å². The molecule has 1 N–H and O–H groups in total. The van der Waals surface area contributed by atoms with Gasteiger partial charge in [0, 0.05) is 5.56 Å². The first-order valence-electron chi connectivity index (χ1n) is 5.79. The van der Waals surface area contributed by atoms with Crippen molar-refractivity contribution in [3.63, 3.8) is 0 Å². The van der Waals surface area contributed by atoms with Crippen LogP contribution in [0.3, 0.4) is 0 Å². The highest BCUT2D eigenvalue weighted by atomic mass is 79.9. The molecule has 0 saturated heterocycles. The van der Waals surface area contributed by atoms with E-state index in [0.717, 1.165) is 4.47 Å². The van der Waals surface area contributed by atoms with Crippen LogP contribution in [0.4, 0.5) is 0 Å². The summed E-state index contributed by atoms with van der Waals surface area (Å²) in [5.74, 6) is 1.23. The fraction of sp³-hybridized carbons (Fsp3) is 0.143. The monoisotopic (exact) mass is 374 g/mol. The average Bonchev–Trinajstić information content (AvgIpc) is 2.90. The van der Waals surface area contributed by atoms with Crippen molar-refractivity contribution in [3.05, 3.63) is 56.0 Å². The molecule has 0 fully saturated rings. The SMILES string of the molecule is OC(c1cc(Br)c2c(c1)OCO2)c1cccc(Cl)c1Cl. The molecule has 1 atom stereocenters. The van der Waals surface area contributed by atoms with E-state index in [2.05, 4.69) is 15.9 Å². The van der Waals surface area contributed by atoms with Crippen molar-refractivity contribution < 1.29 is 14.6 Å². The Morgan fingerprint density at radius 2 is 2.00 bits per heavy atom. The van der Waals surface area contributed by atoms with Crippen molar-refractivity contribution in [1.82, 2.24) is 0 Å². The van der Waals surface area contributed by atoms with Gasteiger partial charge in [0.1, 0.15) is 6.10 Å². The van der Waals surface area contributed by atoms with Gasteiger partial charge in [0.2, 0.25) is 6.79 Å². The third-order valence-electron chi connectivity index (χ3n) is 3.04. The fourth-order valence-electron chi connectivity index (χ4n) is 2.06. The fourth-order valence-corrected chi connectivity index (χ4v) is 3.04. The minimum Gasteiger partial charge on any atom is -0.454 e. The van der Waals surface area contributed by atoms with E-state index in [1.165, 1.54) is 0 Å². The van der Waals surface area contributed by atoms with Gasteiger partial charge in [0.05, 0.1) is 14.5 Å². The summed E-state index contributed by atoms with van der Waals surface area (Å²) < 4.78 is 11.4. The van der Waals surface area contributed by atoms with Crippen LogP contribution in [-0.4, -0.2) is 11.9 Å². The van der Waals surface area contributed by atoms with Crippen LogP contribution in [0.5, 0.6) is 11.5 Å². The second-order valence-corrected chi connectivity index (χ2v) is 5.92. The Morgan fingerprint density at radius 3 is 2.80 bits per heavy atom. The van der Waals surface area contributed by atoms with Crippen LogP contribution in [0.1, 0.15) is 17.2 Å². The molecule has 0 saturated carbocycles. The molecule has 1 aliphatic rings. The summed E-state index contributed by atoms with van der Waals surface area (Å²) in [5, 5.41) is 11.2. The quantitative estimate of drug-likeness (QED) is 0.835. The zero-order valence-corrected chi connectivity index (χ0v) is 13.2. The second-order valence-electron chi connectivity index (χ2n) is 4.28. The van der Waals surface area contributed by atoms with E-state index in [0.29, 0.717) is 32.7 Å². The van der Waals surface area contributed by atoms with Gasteiger partial charge in [0.25, 0.3) is 0 Å². The van der Waals surface area contributed by atoms with Crippen molar-refractivity contribution >= 4 is 39.1 Å². The van der Waals surface area contributed by atoms with Gasteiger partial charge >= 0.3 is 0 Å². The Labute approximate surface area is 134 Å². The van der Waals surface area contributed by atoms with E-state index in [4.69, 9.17) is 32.7 Å². The summed E-state index contributed by atoms with van der Waals surface area (Å²) in [7, 11) is 0. The Bertz CT molecular complexity index is 676. The van der Waals surface area contributed by atoms with Crippen LogP contribution < -0.4 is 9.47 Å². The first-order valence-corrected chi connectivity index (χ1v) is 7.34. The molecule has 1 aliphatic heterocycles. The summed E-state index contributed by atoms with van der Waals surface area (Å²) in [4.78, 5) is 0. The maximum Gasteiger partial charge on any atom is 0.231 e. The Hall–Kier alpha value is -0.940. The third-order valence-corrected chi connectivity index (χ3v) is 4.46. The summed E-state index contributed by atoms with van der Waals surface area (Å²) in [6.07, 6.45) is -0.896. The van der Waals surface area contributed by atoms with Gasteiger partial charge in [-0.15, -0.1) is 0 Å². The third kappa shape index (κ3) is 2.37. The zero-order valence-electron chi connectivity index (χ0n) is 10.1. The van der Waals surface area contributed by atoms with Crippen LogP contribution in [0.15, 0.2) is 34.8 Å². The Kier molecular flexibility index (Phi) is 3.82. The standard InChI is InChI=1S/C14H9BrCl2O3/c15-9-4-7(5-11-14(9)20-6-19-11)13(18)8-2-1-3-10(16)12(8)17/h1-5,13,18H,6H2. The molecule has 0 radical (unpaired) electrons. The van der Waals surface area contributed by atoms with Crippen LogP contribution in [-0.2, 0) is 0 Å². The molecule has 0 spiro atoms. The average molecular weight is 376 g/mol. The van der Waals surface area contributed by atoms with Crippen molar-refractivity contribution in [1.29, 1.82) is 0 Å². The molecule has 3 rings (SSSR count). The zero-order chi connectivity index (χ0) is 14.3. The first-order chi connectivity index (χ1) is 9.58. The molecule has 2 aromatic carbocycles. The second kappa shape index (κ2) is 5.45. The van der Waals surface area contributed by atoms with E-state index in [-0.39, 0.29) is 6.79 Å². The van der Waals surface area contributed by atoms with Crippen LogP contribution in [0, 0.1) is 0 Å². The van der Waals surface area contributed by atoms with Crippen LogP contribution in [0.25, 0.3) is 0 Å². The van der Waals surface area contributed by atoms with Gasteiger partial charge in [-0.2, -0.15) is 0 Å². The molecule has 0 aliphatic carbocycles. The Morgan fingerprint density at radius 1 is 1.20 bits per heavy atom. The van der Waals surface area contributed by atoms with Gasteiger partial charge in [-0.3, -0.25) is 0 Å². The lowest BCUT2D eigenvalue weighted by molar-refractivity contribution is 0.173. The largest absolute Gasteiger partial charge is 0.454 e. The molecule has 0 aromatic heterocycles. The molecule has 3 nitrogen and oxygen atoms in total. The van der Waals surface area contributed by atoms with E-state index < -0.39 is 6.10 Å². The number of fused-ring (bicyclic) bond motifs is 1. The van der Waals surface area contributed by atoms with Gasteiger partial charge in [-0.05, 0) is 39.7 Å². The number of halogens is 3. The van der Waals surface area contributed by atoms with E-state index in [1.807, 2.05) is 0 Å². The summed E-state index contributed by atoms with van der Waals surface area (Å²) >= 11 is 15.5. The lowest BCUT2D eigenvalue weighted by Crippen LogP contribution is -2.01. The van der Waals surface area contributed by atoms with Crippen molar-refractivity contribution in [2.45, 2.75) is 6.10 Å².